The predicted molar refractivity (Wildman–Crippen MR) is 179 cm³/mol. The van der Waals surface area contributed by atoms with Gasteiger partial charge in [-0.25, -0.2) is 4.98 Å². The quantitative estimate of drug-likeness (QED) is 0.163. The number of allylic oxidation sites excluding steroid dienone is 3. The van der Waals surface area contributed by atoms with Crippen molar-refractivity contribution < 1.29 is 33.4 Å². The van der Waals surface area contributed by atoms with Crippen LogP contribution >= 0.6 is 23.2 Å². The molecule has 1 N–H and O–H groups in total. The Hall–Kier alpha value is -4.93. The lowest BCUT2D eigenvalue weighted by Crippen LogP contribution is -2.61. The smallest absolute Gasteiger partial charge is 0.253 e. The molecule has 10 nitrogen and oxygen atoms in total. The molecule has 1 aromatic heterocycles. The molecule has 2 aliphatic carbocycles. The number of para-hydroxylation sites is 2. The fourth-order valence-electron chi connectivity index (χ4n) is 8.56. The van der Waals surface area contributed by atoms with E-state index >= 15 is 0 Å². The molecule has 246 valence electrons. The second kappa shape index (κ2) is 10.3. The van der Waals surface area contributed by atoms with Crippen LogP contribution < -0.4 is 9.64 Å². The zero-order valence-electron chi connectivity index (χ0n) is 25.9. The summed E-state index contributed by atoms with van der Waals surface area (Å²) >= 11 is 14.6. The van der Waals surface area contributed by atoms with Crippen LogP contribution in [0.5, 0.6) is 11.5 Å². The third-order valence-electron chi connectivity index (χ3n) is 10.8. The van der Waals surface area contributed by atoms with E-state index in [4.69, 9.17) is 32.4 Å². The number of imide groups is 2. The van der Waals surface area contributed by atoms with Crippen molar-refractivity contribution in [3.8, 4) is 23.0 Å². The van der Waals surface area contributed by atoms with E-state index in [-0.39, 0.29) is 30.9 Å². The van der Waals surface area contributed by atoms with Crippen LogP contribution in [-0.2, 0) is 25.6 Å². The Kier molecular flexibility index (Phi) is 6.33. The van der Waals surface area contributed by atoms with E-state index < -0.39 is 51.1 Å². The molecule has 3 fully saturated rings. The first-order valence-electron chi connectivity index (χ1n) is 15.9. The van der Waals surface area contributed by atoms with Gasteiger partial charge in [0.2, 0.25) is 17.7 Å². The number of hydrogen-bond donors (Lipinski definition) is 1. The number of benzene rings is 3. The minimum atomic E-state index is -1.91. The number of carbonyl (C=O) groups is 4. The highest BCUT2D eigenvalue weighted by Crippen LogP contribution is 2.64. The average molecular weight is 697 g/mol. The first-order valence-corrected chi connectivity index (χ1v) is 16.7. The lowest BCUT2D eigenvalue weighted by atomic mass is 9.56. The molecule has 3 aromatic carbocycles. The molecule has 4 amide bonds. The molecule has 9 rings (SSSR count). The molecule has 6 atom stereocenters. The number of phenols is 1. The SMILES string of the molecule is CN1C(=O)C2(Cl)CC3C(=CCC4C(=O)N(c5ccc(-c6nc7ccccc7o6)cc5)C(=O)C43)C(C3=COc4ccc(O)cc4C3)C2(Cl)C1=O. The van der Waals surface area contributed by atoms with Crippen LogP contribution in [0.25, 0.3) is 22.6 Å². The predicted octanol–water partition coefficient (Wildman–Crippen LogP) is 5.75. The van der Waals surface area contributed by atoms with Crippen LogP contribution in [0.2, 0.25) is 0 Å². The fourth-order valence-corrected chi connectivity index (χ4v) is 9.59. The number of aromatic hydroxyl groups is 1. The van der Waals surface area contributed by atoms with E-state index in [2.05, 4.69) is 4.98 Å². The van der Waals surface area contributed by atoms with E-state index in [1.54, 1.807) is 36.4 Å². The number of carbonyl (C=O) groups excluding carboxylic acids is 4. The third-order valence-corrected chi connectivity index (χ3v) is 12.2. The first-order chi connectivity index (χ1) is 23.5. The summed E-state index contributed by atoms with van der Waals surface area (Å²) in [6, 6.07) is 19.0. The van der Waals surface area contributed by atoms with E-state index in [9.17, 15) is 24.3 Å². The molecule has 0 radical (unpaired) electrons. The number of phenolic OH excluding ortho intramolecular Hbond substituents is 1. The van der Waals surface area contributed by atoms with Crippen LogP contribution in [0.3, 0.4) is 0 Å². The van der Waals surface area contributed by atoms with E-state index in [1.807, 2.05) is 30.3 Å². The number of likely N-dealkylation sites (tertiary alicyclic amines) is 1. The van der Waals surface area contributed by atoms with Crippen LogP contribution in [0.1, 0.15) is 18.4 Å². The number of anilines is 1. The Balaban J connectivity index is 1.09. The highest BCUT2D eigenvalue weighted by Gasteiger charge is 2.76. The minimum absolute atomic E-state index is 0.0426. The van der Waals surface area contributed by atoms with Crippen molar-refractivity contribution in [1.29, 1.82) is 0 Å². The van der Waals surface area contributed by atoms with Crippen molar-refractivity contribution in [2.45, 2.75) is 29.0 Å². The molecule has 5 aliphatic rings. The fraction of sp³-hybridized carbons (Fsp3) is 0.270. The lowest BCUT2D eigenvalue weighted by Gasteiger charge is -2.51. The molecule has 49 heavy (non-hydrogen) atoms. The van der Waals surface area contributed by atoms with Crippen LogP contribution in [0.4, 0.5) is 5.69 Å². The summed E-state index contributed by atoms with van der Waals surface area (Å²) < 4.78 is 11.8. The maximum Gasteiger partial charge on any atom is 0.253 e. The summed E-state index contributed by atoms with van der Waals surface area (Å²) in [7, 11) is 1.35. The van der Waals surface area contributed by atoms with Gasteiger partial charge in [0.1, 0.15) is 17.0 Å². The van der Waals surface area contributed by atoms with Gasteiger partial charge in [0, 0.05) is 30.5 Å². The van der Waals surface area contributed by atoms with Crippen molar-refractivity contribution in [2.75, 3.05) is 11.9 Å². The van der Waals surface area contributed by atoms with Gasteiger partial charge in [0.25, 0.3) is 11.8 Å². The highest BCUT2D eigenvalue weighted by molar-refractivity contribution is 6.53. The Morgan fingerprint density at radius 1 is 0.939 bits per heavy atom. The topological polar surface area (TPSA) is 130 Å². The molecule has 6 unspecified atom stereocenters. The van der Waals surface area contributed by atoms with Gasteiger partial charge in [-0.3, -0.25) is 29.0 Å². The van der Waals surface area contributed by atoms with E-state index in [1.165, 1.54) is 24.3 Å². The zero-order chi connectivity index (χ0) is 34.0. The number of nitrogens with zero attached hydrogens (tertiary/aromatic N) is 3. The third kappa shape index (κ3) is 3.98. The van der Waals surface area contributed by atoms with Crippen LogP contribution in [-0.4, -0.2) is 55.4 Å². The molecule has 0 spiro atoms. The largest absolute Gasteiger partial charge is 0.508 e. The number of alkyl halides is 2. The minimum Gasteiger partial charge on any atom is -0.508 e. The molecule has 0 bridgehead atoms. The van der Waals surface area contributed by atoms with Crippen molar-refractivity contribution in [2.24, 2.45) is 23.7 Å². The molecule has 2 saturated heterocycles. The summed E-state index contributed by atoms with van der Waals surface area (Å²) in [6.07, 6.45) is 3.79. The maximum absolute atomic E-state index is 14.4. The molecule has 4 heterocycles. The molecule has 4 aromatic rings. The lowest BCUT2D eigenvalue weighted by molar-refractivity contribution is -0.138. The number of halogens is 2. The second-order valence-electron chi connectivity index (χ2n) is 13.3. The number of amides is 4. The summed E-state index contributed by atoms with van der Waals surface area (Å²) in [5.41, 5.74) is 4.37. The molecule has 1 saturated carbocycles. The molecular formula is C37H27Cl2N3O7. The molecular weight excluding hydrogens is 669 g/mol. The number of fused-ring (bicyclic) bond motifs is 6. The van der Waals surface area contributed by atoms with E-state index in [0.29, 0.717) is 50.7 Å². The number of oxazole rings is 1. The van der Waals surface area contributed by atoms with Gasteiger partial charge in [-0.2, -0.15) is 0 Å². The number of ether oxygens (including phenoxy) is 1. The summed E-state index contributed by atoms with van der Waals surface area (Å²) in [5.74, 6) is -4.17. The van der Waals surface area contributed by atoms with Crippen molar-refractivity contribution in [3.05, 3.63) is 95.8 Å². The normalized spacial score (nSPS) is 30.4. The van der Waals surface area contributed by atoms with Crippen LogP contribution in [0, 0.1) is 23.7 Å². The summed E-state index contributed by atoms with van der Waals surface area (Å²) in [5, 5.41) is 10.2. The standard InChI is InChI=1S/C37H27Cl2N3O7/c1-41-34(46)36(38)16-25-23(30(37(36,39)35(41)47)20-14-19-15-22(43)10-13-27(19)48-17-20)11-12-24-29(25)33(45)42(32(24)44)21-8-6-18(7-9-21)31-40-26-4-2-3-5-28(26)49-31/h2-11,13,15,17,24-25,29-30,43H,12,14,16H2,1H3. The van der Waals surface area contributed by atoms with Crippen LogP contribution in [0.15, 0.2) is 94.6 Å². The van der Waals surface area contributed by atoms with Gasteiger partial charge in [-0.05, 0) is 78.9 Å². The first kappa shape index (κ1) is 30.2. The van der Waals surface area contributed by atoms with Gasteiger partial charge in [0.15, 0.2) is 15.3 Å². The Bertz CT molecular complexity index is 2190. The molecule has 12 heteroatoms. The number of aromatic nitrogens is 1. The average Bonchev–Trinajstić information content (AvgIpc) is 3.69. The monoisotopic (exact) mass is 695 g/mol. The van der Waals surface area contributed by atoms with E-state index in [0.717, 1.165) is 4.90 Å². The van der Waals surface area contributed by atoms with Gasteiger partial charge in [0.05, 0.1) is 23.8 Å². The second-order valence-corrected chi connectivity index (χ2v) is 14.6. The number of rotatable bonds is 3. The maximum atomic E-state index is 14.4. The number of hydrogen-bond acceptors (Lipinski definition) is 8. The van der Waals surface area contributed by atoms with Gasteiger partial charge in [-0.15, -0.1) is 23.2 Å². The Labute approximate surface area is 289 Å². The van der Waals surface area contributed by atoms with Gasteiger partial charge in [-0.1, -0.05) is 23.8 Å². The van der Waals surface area contributed by atoms with Gasteiger partial charge >= 0.3 is 0 Å². The highest BCUT2D eigenvalue weighted by atomic mass is 35.5. The molecule has 3 aliphatic heterocycles. The Morgan fingerprint density at radius 2 is 1.71 bits per heavy atom. The van der Waals surface area contributed by atoms with Crippen molar-refractivity contribution >= 4 is 63.6 Å². The Morgan fingerprint density at radius 3 is 2.49 bits per heavy atom. The zero-order valence-corrected chi connectivity index (χ0v) is 27.4. The van der Waals surface area contributed by atoms with Gasteiger partial charge < -0.3 is 14.3 Å². The van der Waals surface area contributed by atoms with Crippen molar-refractivity contribution in [3.63, 3.8) is 0 Å². The summed E-state index contributed by atoms with van der Waals surface area (Å²) in [6.45, 7) is 0. The van der Waals surface area contributed by atoms with Crippen molar-refractivity contribution in [1.82, 2.24) is 9.88 Å². The summed E-state index contributed by atoms with van der Waals surface area (Å²) in [4.78, 5) is 58.9.